The molecule has 0 spiro atoms. The monoisotopic (exact) mass is 701 g/mol. The SMILES string of the molecule is c1ccc(-c2ccccc2N(c2ccccc2)c2cccc3c2c2cccc4c2n3B2c3c-4cccc3N(c3ccccc3)c3oc4ccccc4c32)cc1. The second kappa shape index (κ2) is 11.6. The van der Waals surface area contributed by atoms with Crippen LogP contribution in [-0.4, -0.2) is 11.3 Å². The van der Waals surface area contributed by atoms with E-state index < -0.39 is 0 Å². The second-order valence-electron chi connectivity index (χ2n) is 14.4. The zero-order valence-corrected chi connectivity index (χ0v) is 29.8. The third kappa shape index (κ3) is 4.23. The van der Waals surface area contributed by atoms with E-state index in [1.54, 1.807) is 0 Å². The molecule has 5 heteroatoms. The molecule has 0 radical (unpaired) electrons. The molecule has 0 N–H and O–H groups in total. The maximum Gasteiger partial charge on any atom is 0.337 e. The molecule has 256 valence electrons. The number of hydrogen-bond acceptors (Lipinski definition) is 3. The van der Waals surface area contributed by atoms with Crippen molar-refractivity contribution in [2.75, 3.05) is 9.80 Å². The molecule has 0 fully saturated rings. The molecule has 0 amide bonds. The molecule has 4 heterocycles. The van der Waals surface area contributed by atoms with Gasteiger partial charge in [0.2, 0.25) is 5.88 Å². The molecule has 0 atom stereocenters. The van der Waals surface area contributed by atoms with E-state index in [9.17, 15) is 0 Å². The Hall–Kier alpha value is -7.24. The van der Waals surface area contributed by atoms with Gasteiger partial charge < -0.3 is 13.8 Å². The van der Waals surface area contributed by atoms with Crippen molar-refractivity contribution in [2.45, 2.75) is 0 Å². The molecule has 10 aromatic rings. The lowest BCUT2D eigenvalue weighted by Gasteiger charge is -2.37. The molecule has 8 aromatic carbocycles. The second-order valence-corrected chi connectivity index (χ2v) is 14.4. The number of aromatic nitrogens is 1. The van der Waals surface area contributed by atoms with Crippen LogP contribution in [0.3, 0.4) is 0 Å². The van der Waals surface area contributed by atoms with E-state index in [0.717, 1.165) is 45.3 Å². The number of furan rings is 1. The van der Waals surface area contributed by atoms with E-state index in [1.807, 2.05) is 0 Å². The van der Waals surface area contributed by atoms with Crippen LogP contribution >= 0.6 is 0 Å². The Kier molecular flexibility index (Phi) is 6.40. The summed E-state index contributed by atoms with van der Waals surface area (Å²) in [5.41, 5.74) is 16.3. The van der Waals surface area contributed by atoms with Crippen molar-refractivity contribution in [3.63, 3.8) is 0 Å². The van der Waals surface area contributed by atoms with Crippen LogP contribution in [0.15, 0.2) is 199 Å². The van der Waals surface area contributed by atoms with Gasteiger partial charge in [0.1, 0.15) is 5.58 Å². The van der Waals surface area contributed by atoms with Crippen LogP contribution in [0.25, 0.3) is 55.0 Å². The summed E-state index contributed by atoms with van der Waals surface area (Å²) in [7, 11) is 0. The van der Waals surface area contributed by atoms with E-state index in [1.165, 1.54) is 55.0 Å². The number of benzene rings is 8. The number of nitrogens with zero attached hydrogens (tertiary/aromatic N) is 3. The minimum absolute atomic E-state index is 0.114. The van der Waals surface area contributed by atoms with E-state index in [4.69, 9.17) is 4.42 Å². The highest BCUT2D eigenvalue weighted by molar-refractivity contribution is 6.91. The van der Waals surface area contributed by atoms with Crippen molar-refractivity contribution in [3.8, 4) is 22.3 Å². The number of anilines is 6. The van der Waals surface area contributed by atoms with Gasteiger partial charge in [-0.3, -0.25) is 4.90 Å². The van der Waals surface area contributed by atoms with Gasteiger partial charge in [-0.25, -0.2) is 0 Å². The minimum Gasteiger partial charge on any atom is -0.440 e. The molecule has 0 aliphatic carbocycles. The predicted molar refractivity (Wildman–Crippen MR) is 230 cm³/mol. The molecule has 0 saturated heterocycles. The lowest BCUT2D eigenvalue weighted by atomic mass is 9.45. The van der Waals surface area contributed by atoms with Crippen molar-refractivity contribution in [3.05, 3.63) is 194 Å². The Balaban J connectivity index is 1.20. The van der Waals surface area contributed by atoms with E-state index in [-0.39, 0.29) is 6.85 Å². The molecule has 0 saturated carbocycles. The fourth-order valence-electron chi connectivity index (χ4n) is 9.42. The quantitative estimate of drug-likeness (QED) is 0.167. The molecule has 0 bridgehead atoms. The lowest BCUT2D eigenvalue weighted by Crippen LogP contribution is -2.56. The van der Waals surface area contributed by atoms with Gasteiger partial charge in [-0.1, -0.05) is 140 Å². The first kappa shape index (κ1) is 30.2. The minimum atomic E-state index is -0.114. The third-order valence-corrected chi connectivity index (χ3v) is 11.6. The highest BCUT2D eigenvalue weighted by Gasteiger charge is 2.45. The fourth-order valence-corrected chi connectivity index (χ4v) is 9.42. The first-order valence-electron chi connectivity index (χ1n) is 18.9. The molecule has 2 aliphatic rings. The summed E-state index contributed by atoms with van der Waals surface area (Å²) in [6.45, 7) is -0.114. The van der Waals surface area contributed by atoms with Crippen LogP contribution < -0.4 is 20.7 Å². The van der Waals surface area contributed by atoms with Crippen molar-refractivity contribution >= 4 is 84.9 Å². The topological polar surface area (TPSA) is 24.6 Å². The Labute approximate surface area is 318 Å². The summed E-state index contributed by atoms with van der Waals surface area (Å²) in [6.07, 6.45) is 0. The fraction of sp³-hybridized carbons (Fsp3) is 0. The predicted octanol–water partition coefficient (Wildman–Crippen LogP) is 12.1. The van der Waals surface area contributed by atoms with Crippen LogP contribution in [0.5, 0.6) is 0 Å². The van der Waals surface area contributed by atoms with Gasteiger partial charge >= 0.3 is 6.85 Å². The van der Waals surface area contributed by atoms with Gasteiger partial charge in [0.05, 0.1) is 11.4 Å². The highest BCUT2D eigenvalue weighted by atomic mass is 16.4. The summed E-state index contributed by atoms with van der Waals surface area (Å²) in [6, 6.07) is 69.9. The maximum absolute atomic E-state index is 6.92. The largest absolute Gasteiger partial charge is 0.440 e. The summed E-state index contributed by atoms with van der Waals surface area (Å²) in [4.78, 5) is 4.78. The molecular formula is C50H32BN3O. The van der Waals surface area contributed by atoms with E-state index >= 15 is 0 Å². The van der Waals surface area contributed by atoms with Gasteiger partial charge in [-0.05, 0) is 71.2 Å². The zero-order chi connectivity index (χ0) is 36.0. The van der Waals surface area contributed by atoms with Gasteiger partial charge in [0.15, 0.2) is 0 Å². The summed E-state index contributed by atoms with van der Waals surface area (Å²) < 4.78 is 9.54. The van der Waals surface area contributed by atoms with Crippen molar-refractivity contribution < 1.29 is 4.42 Å². The number of hydrogen-bond donors (Lipinski definition) is 0. The van der Waals surface area contributed by atoms with Crippen molar-refractivity contribution in [1.29, 1.82) is 0 Å². The van der Waals surface area contributed by atoms with Crippen LogP contribution in [0, 0.1) is 0 Å². The average Bonchev–Trinajstić information content (AvgIpc) is 3.81. The van der Waals surface area contributed by atoms with Crippen LogP contribution in [-0.2, 0) is 0 Å². The smallest absolute Gasteiger partial charge is 0.337 e. The van der Waals surface area contributed by atoms with E-state index in [0.29, 0.717) is 0 Å². The Bertz CT molecular complexity index is 3110. The highest BCUT2D eigenvalue weighted by Crippen LogP contribution is 2.50. The van der Waals surface area contributed by atoms with Crippen molar-refractivity contribution in [2.24, 2.45) is 0 Å². The average molecular weight is 702 g/mol. The Morgan fingerprint density at radius 3 is 1.96 bits per heavy atom. The lowest BCUT2D eigenvalue weighted by molar-refractivity contribution is 0.622. The van der Waals surface area contributed by atoms with Crippen LogP contribution in [0.4, 0.5) is 34.3 Å². The Morgan fingerprint density at radius 1 is 0.473 bits per heavy atom. The van der Waals surface area contributed by atoms with Gasteiger partial charge in [0.25, 0.3) is 0 Å². The summed E-state index contributed by atoms with van der Waals surface area (Å²) in [5.74, 6) is 0.871. The van der Waals surface area contributed by atoms with Crippen LogP contribution in [0.1, 0.15) is 0 Å². The molecular weight excluding hydrogens is 669 g/mol. The third-order valence-electron chi connectivity index (χ3n) is 11.6. The number of rotatable bonds is 5. The molecule has 0 unspecified atom stereocenters. The molecule has 55 heavy (non-hydrogen) atoms. The molecule has 2 aliphatic heterocycles. The van der Waals surface area contributed by atoms with Gasteiger partial charge in [-0.2, -0.15) is 0 Å². The van der Waals surface area contributed by atoms with E-state index in [2.05, 4.69) is 208 Å². The normalized spacial score (nSPS) is 12.7. The van der Waals surface area contributed by atoms with Gasteiger partial charge in [0, 0.05) is 60.8 Å². The summed E-state index contributed by atoms with van der Waals surface area (Å²) >= 11 is 0. The molecule has 12 rings (SSSR count). The van der Waals surface area contributed by atoms with Gasteiger partial charge in [-0.15, -0.1) is 0 Å². The van der Waals surface area contributed by atoms with Crippen molar-refractivity contribution in [1.82, 2.24) is 4.48 Å². The molecule has 2 aromatic heterocycles. The summed E-state index contributed by atoms with van der Waals surface area (Å²) in [5, 5.41) is 3.59. The Morgan fingerprint density at radius 2 is 1.11 bits per heavy atom. The zero-order valence-electron chi connectivity index (χ0n) is 29.8. The first-order valence-corrected chi connectivity index (χ1v) is 18.9. The molecule has 4 nitrogen and oxygen atoms in total. The van der Waals surface area contributed by atoms with Crippen LogP contribution in [0.2, 0.25) is 0 Å². The standard InChI is InChI=1S/C50H32BN3O/c1-4-17-33(18-5-1)36-23-10-12-28-41(36)52(34-19-6-2-7-20-34)42-29-16-30-43-46(42)40-27-14-26-38-37-25-15-31-44-47(37)51(54(43)49(38)40)48-39-24-11-13-32-45(39)55-50(48)53(44)35-21-8-3-9-22-35/h1-32H. The first-order chi connectivity index (χ1) is 27.3. The number of fused-ring (bicyclic) bond motifs is 9. The number of para-hydroxylation sites is 5. The maximum atomic E-state index is 6.92.